The molecule has 0 atom stereocenters. The summed E-state index contributed by atoms with van der Waals surface area (Å²) >= 11 is 0. The van der Waals surface area contributed by atoms with Crippen molar-refractivity contribution in [2.75, 3.05) is 26.7 Å². The van der Waals surface area contributed by atoms with E-state index < -0.39 is 13.3 Å². The summed E-state index contributed by atoms with van der Waals surface area (Å²) in [6.07, 6.45) is 13.8. The van der Waals surface area contributed by atoms with E-state index >= 15 is 0 Å². The number of amides is 12. The molecule has 0 aromatic heterocycles. The maximum Gasteiger partial charge on any atom is 0.0137 e. The van der Waals surface area contributed by atoms with Crippen LogP contribution in [0.1, 0.15) is 44.6 Å². The zero-order valence-electron chi connectivity index (χ0n) is 24.3. The predicted octanol–water partition coefficient (Wildman–Crippen LogP) is -5.61. The van der Waals surface area contributed by atoms with Gasteiger partial charge in [0.05, 0.1) is 0 Å². The standard InChI is InChI=1S/2C5H2N2O4.2C3H4N2O2.2C2O3.6CH4.4Y/c2*8-2-6(3-9)1-7(4-10)5-11;2*4-1-5(2-6)3-7;2*3-1-5-2-4;;;;;;;;;;/h2*1H2;2*1,4H2;;;6*1H4;;;;/q2*-4;4*-2;;;;;;;;;;. The first-order valence-corrected chi connectivity index (χ1v) is 9.48. The molecule has 0 spiro atoms. The molecule has 26 nitrogen and oxygen atoms in total. The van der Waals surface area contributed by atoms with Gasteiger partial charge in [-0.3, -0.25) is 0 Å². The minimum absolute atomic E-state index is 0. The molecule has 0 bridgehead atoms. The number of carbonyl (C=O) groups excluding carboxylic acids is 16. The fourth-order valence-corrected chi connectivity index (χ4v) is 0.809. The summed E-state index contributed by atoms with van der Waals surface area (Å²) in [4.78, 5) is 153. The third-order valence-corrected chi connectivity index (χ3v) is 2.42. The molecule has 0 saturated carbocycles. The third kappa shape index (κ3) is 93.4. The Hall–Kier alpha value is -2.54. The minimum Gasteiger partial charge on any atom is -0.783 e. The molecule has 4 radical (unpaired) electrons. The second-order valence-electron chi connectivity index (χ2n) is 4.85. The topological polar surface area (TPSA) is 363 Å². The van der Waals surface area contributed by atoms with Gasteiger partial charge in [0.2, 0.25) is 0 Å². The summed E-state index contributed by atoms with van der Waals surface area (Å²) in [5.41, 5.74) is 9.59. The summed E-state index contributed by atoms with van der Waals surface area (Å²) in [7, 11) is 0. The van der Waals surface area contributed by atoms with Crippen molar-refractivity contribution in [3.8, 4) is 0 Å². The number of rotatable bonds is 22. The average Bonchev–Trinajstić information content (AvgIpc) is 3.10. The van der Waals surface area contributed by atoms with Crippen LogP contribution in [0.4, 0.5) is 0 Å². The molecular weight excluding hydrogens is 1070 g/mol. The molecule has 30 heteroatoms. The van der Waals surface area contributed by atoms with Crippen LogP contribution < -0.4 is 11.5 Å². The molecular formula is C26H36N8O18Y4-16. The maximum absolute atomic E-state index is 9.76. The molecule has 0 aliphatic heterocycles. The summed E-state index contributed by atoms with van der Waals surface area (Å²) in [6, 6.07) is 0. The Bertz CT molecular complexity index is 784. The van der Waals surface area contributed by atoms with Crippen LogP contribution in [0.3, 0.4) is 0 Å². The summed E-state index contributed by atoms with van der Waals surface area (Å²) in [5, 5.41) is 0. The Morgan fingerprint density at radius 1 is 0.286 bits per heavy atom. The molecule has 56 heavy (non-hydrogen) atoms. The Morgan fingerprint density at radius 2 is 0.411 bits per heavy atom. The summed E-state index contributed by atoms with van der Waals surface area (Å²) in [6.45, 7) is 1.92. The van der Waals surface area contributed by atoms with Crippen LogP contribution >= 0.6 is 0 Å². The van der Waals surface area contributed by atoms with Crippen molar-refractivity contribution in [3.63, 3.8) is 0 Å². The largest absolute Gasteiger partial charge is 0.783 e. The molecule has 0 unspecified atom stereocenters. The van der Waals surface area contributed by atoms with Gasteiger partial charge in [-0.2, -0.15) is 76.9 Å². The number of nitrogens with zero attached hydrogens (tertiary/aromatic N) is 6. The second kappa shape index (κ2) is 99.0. The van der Waals surface area contributed by atoms with E-state index in [0.717, 1.165) is 77.2 Å². The molecule has 12 amide bonds. The number of nitrogens with two attached hydrogens (primary N) is 2. The SMILES string of the molecule is C.C.C.C.C.C.NCN([C-]=O)[C-]=O.NCN([C-]=O)[C-]=O.O=[C-]N([C-]=O)CN([C-]=O)[C-]=O.O=[C-]N([C-]=O)CN([C-]=O)[C-]=O.O=[C-]O[C-]=O.O=[C-]O[C-]=O.[Y].[Y].[Y].[Y]. The molecule has 316 valence electrons. The monoisotopic (exact) mass is 1100 g/mol. The van der Waals surface area contributed by atoms with E-state index in [2.05, 4.69) is 9.47 Å². The van der Waals surface area contributed by atoms with Crippen LogP contribution in [0.2, 0.25) is 0 Å². The fourth-order valence-electron chi connectivity index (χ4n) is 0.809. The molecule has 0 aliphatic carbocycles. The first-order chi connectivity index (χ1) is 22.1. The van der Waals surface area contributed by atoms with Crippen molar-refractivity contribution in [2.24, 2.45) is 11.5 Å². The van der Waals surface area contributed by atoms with E-state index in [1.165, 1.54) is 25.6 Å². The first kappa shape index (κ1) is 105. The van der Waals surface area contributed by atoms with Gasteiger partial charge in [-0.1, -0.05) is 44.6 Å². The molecule has 0 saturated heterocycles. The number of hydrogen-bond donors (Lipinski definition) is 2. The molecule has 0 fully saturated rings. The summed E-state index contributed by atoms with van der Waals surface area (Å²) in [5.74, 6) is 0. The molecule has 0 aliphatic rings. The average molecular weight is 1100 g/mol. The zero-order valence-corrected chi connectivity index (χ0v) is 35.7. The van der Waals surface area contributed by atoms with Gasteiger partial charge in [-0.25, -0.2) is 0 Å². The first-order valence-electron chi connectivity index (χ1n) is 9.48. The minimum atomic E-state index is -0.569. The van der Waals surface area contributed by atoms with Crippen molar-refractivity contribution in [3.05, 3.63) is 0 Å². The molecule has 0 aromatic rings. The molecule has 4 N–H and O–H groups in total. The van der Waals surface area contributed by atoms with Crippen molar-refractivity contribution >= 4 is 103 Å². The van der Waals surface area contributed by atoms with Crippen LogP contribution in [0.5, 0.6) is 0 Å². The molecule has 0 heterocycles. The van der Waals surface area contributed by atoms with Crippen molar-refractivity contribution in [1.82, 2.24) is 29.4 Å². The quantitative estimate of drug-likeness (QED) is 0.0442. The van der Waals surface area contributed by atoms with Crippen LogP contribution in [0, 0.1) is 0 Å². The van der Waals surface area contributed by atoms with E-state index in [-0.39, 0.29) is 189 Å². The van der Waals surface area contributed by atoms with E-state index in [4.69, 9.17) is 30.6 Å². The van der Waals surface area contributed by atoms with E-state index in [0.29, 0.717) is 29.4 Å². The smallest absolute Gasteiger partial charge is 0.0137 e. The van der Waals surface area contributed by atoms with Crippen molar-refractivity contribution in [1.29, 1.82) is 0 Å². The molecule has 0 rings (SSSR count). The number of imide groups is 6. The van der Waals surface area contributed by atoms with Crippen LogP contribution in [-0.4, -0.2) is 159 Å². The van der Waals surface area contributed by atoms with Crippen LogP contribution in [0.15, 0.2) is 0 Å². The van der Waals surface area contributed by atoms with Gasteiger partial charge < -0.3 is 127 Å². The van der Waals surface area contributed by atoms with Gasteiger partial charge in [0.15, 0.2) is 0 Å². The second-order valence-corrected chi connectivity index (χ2v) is 4.85. The predicted molar refractivity (Wildman–Crippen MR) is 173 cm³/mol. The van der Waals surface area contributed by atoms with Gasteiger partial charge in [-0.05, 0) is 13.3 Å². The molecule has 0 aromatic carbocycles. The van der Waals surface area contributed by atoms with E-state index in [1.807, 2.05) is 0 Å². The van der Waals surface area contributed by atoms with Gasteiger partial charge in [0.1, 0.15) is 0 Å². The number of ether oxygens (including phenoxy) is 2. The zero-order chi connectivity index (χ0) is 37.0. The van der Waals surface area contributed by atoms with Crippen LogP contribution in [-0.2, 0) is 217 Å². The summed E-state index contributed by atoms with van der Waals surface area (Å²) < 4.78 is 6.44. The van der Waals surface area contributed by atoms with Crippen molar-refractivity contribution in [2.45, 2.75) is 44.6 Å². The van der Waals surface area contributed by atoms with Gasteiger partial charge in [-0.15, -0.1) is 25.9 Å². The maximum atomic E-state index is 9.76. The normalized spacial score (nSPS) is 6.04. The fraction of sp³-hybridized carbons (Fsp3) is 0.385. The van der Waals surface area contributed by atoms with Crippen LogP contribution in [0.25, 0.3) is 0 Å². The number of hydrogen-bond acceptors (Lipinski definition) is 20. The van der Waals surface area contributed by atoms with Gasteiger partial charge >= 0.3 is 0 Å². The van der Waals surface area contributed by atoms with Gasteiger partial charge in [0, 0.05) is 144 Å². The van der Waals surface area contributed by atoms with Gasteiger partial charge in [0.25, 0.3) is 0 Å². The Labute approximate surface area is 427 Å². The Kier molecular flexibility index (Phi) is 185. The van der Waals surface area contributed by atoms with E-state index in [1.54, 1.807) is 0 Å². The Morgan fingerprint density at radius 3 is 0.446 bits per heavy atom. The third-order valence-electron chi connectivity index (χ3n) is 2.42. The van der Waals surface area contributed by atoms with E-state index in [9.17, 15) is 57.5 Å². The Balaban J connectivity index is -0.0000000242. The van der Waals surface area contributed by atoms with Crippen molar-refractivity contribution < 1.29 is 217 Å².